The highest BCUT2D eigenvalue weighted by Crippen LogP contribution is 2.25. The zero-order valence-corrected chi connectivity index (χ0v) is 8.40. The fourth-order valence-corrected chi connectivity index (χ4v) is 2.24. The van der Waals surface area contributed by atoms with E-state index in [9.17, 15) is 0 Å². The molecule has 1 fully saturated rings. The summed E-state index contributed by atoms with van der Waals surface area (Å²) in [7, 11) is 0. The highest BCUT2D eigenvalue weighted by atomic mass is 15.0. The zero-order valence-electron chi connectivity index (χ0n) is 8.40. The Bertz CT molecular complexity index is 126. The third-order valence-corrected chi connectivity index (χ3v) is 2.77. The average Bonchev–Trinajstić information content (AvgIpc) is 2.05. The number of rotatable bonds is 3. The third kappa shape index (κ3) is 2.46. The first kappa shape index (κ1) is 10.0. The minimum absolute atomic E-state index is 0.270. The van der Waals surface area contributed by atoms with Crippen molar-refractivity contribution in [2.45, 2.75) is 45.1 Å². The molecule has 1 aliphatic rings. The lowest BCUT2D eigenvalue weighted by atomic mass is 9.82. The molecule has 0 aromatic carbocycles. The van der Waals surface area contributed by atoms with Gasteiger partial charge in [0.15, 0.2) is 0 Å². The minimum Gasteiger partial charge on any atom is -0.329 e. The van der Waals surface area contributed by atoms with Crippen molar-refractivity contribution in [1.29, 1.82) is 0 Å². The van der Waals surface area contributed by atoms with E-state index in [0.29, 0.717) is 0 Å². The second-order valence-electron chi connectivity index (χ2n) is 4.47. The van der Waals surface area contributed by atoms with Gasteiger partial charge in [0.25, 0.3) is 0 Å². The Balaban J connectivity index is 2.48. The maximum Gasteiger partial charge on any atom is 0.0306 e. The Morgan fingerprint density at radius 2 is 2.17 bits per heavy atom. The molecular weight excluding hydrogens is 148 g/mol. The summed E-state index contributed by atoms with van der Waals surface area (Å²) in [5.41, 5.74) is 6.09. The molecule has 0 amide bonds. The Labute approximate surface area is 75.9 Å². The van der Waals surface area contributed by atoms with E-state index in [-0.39, 0.29) is 5.54 Å². The van der Waals surface area contributed by atoms with Crippen molar-refractivity contribution in [2.24, 2.45) is 11.7 Å². The summed E-state index contributed by atoms with van der Waals surface area (Å²) in [5, 5.41) is 3.59. The second kappa shape index (κ2) is 4.24. The molecule has 3 N–H and O–H groups in total. The summed E-state index contributed by atoms with van der Waals surface area (Å²) in [5.74, 6) is 0.749. The van der Waals surface area contributed by atoms with Crippen LogP contribution in [0.5, 0.6) is 0 Å². The van der Waals surface area contributed by atoms with Gasteiger partial charge in [0.05, 0.1) is 0 Å². The van der Waals surface area contributed by atoms with Crippen LogP contribution in [-0.4, -0.2) is 18.6 Å². The van der Waals surface area contributed by atoms with Crippen LogP contribution in [0.25, 0.3) is 0 Å². The van der Waals surface area contributed by atoms with E-state index in [1.165, 1.54) is 25.7 Å². The van der Waals surface area contributed by atoms with Crippen molar-refractivity contribution in [3.63, 3.8) is 0 Å². The molecule has 0 saturated carbocycles. The monoisotopic (exact) mass is 170 g/mol. The average molecular weight is 170 g/mol. The van der Waals surface area contributed by atoms with E-state index in [1.807, 2.05) is 0 Å². The van der Waals surface area contributed by atoms with Crippen molar-refractivity contribution >= 4 is 0 Å². The molecule has 0 aromatic heterocycles. The van der Waals surface area contributed by atoms with Gasteiger partial charge in [-0.05, 0) is 31.7 Å². The first-order valence-corrected chi connectivity index (χ1v) is 5.14. The van der Waals surface area contributed by atoms with Gasteiger partial charge in [0.1, 0.15) is 0 Å². The predicted molar refractivity (Wildman–Crippen MR) is 53.1 cm³/mol. The van der Waals surface area contributed by atoms with Gasteiger partial charge in [-0.1, -0.05) is 20.3 Å². The first-order chi connectivity index (χ1) is 5.68. The van der Waals surface area contributed by atoms with Crippen LogP contribution in [0.1, 0.15) is 39.5 Å². The van der Waals surface area contributed by atoms with Crippen LogP contribution in [-0.2, 0) is 0 Å². The number of hydrogen-bond donors (Lipinski definition) is 2. The molecule has 1 aliphatic heterocycles. The summed E-state index contributed by atoms with van der Waals surface area (Å²) < 4.78 is 0. The number of nitrogens with two attached hydrogens (primary N) is 1. The van der Waals surface area contributed by atoms with Gasteiger partial charge in [0, 0.05) is 12.1 Å². The van der Waals surface area contributed by atoms with E-state index >= 15 is 0 Å². The second-order valence-corrected chi connectivity index (χ2v) is 4.47. The quantitative estimate of drug-likeness (QED) is 0.673. The molecule has 2 heteroatoms. The van der Waals surface area contributed by atoms with E-state index < -0.39 is 0 Å². The smallest absolute Gasteiger partial charge is 0.0306 e. The summed E-state index contributed by atoms with van der Waals surface area (Å²) >= 11 is 0. The van der Waals surface area contributed by atoms with Crippen molar-refractivity contribution in [3.05, 3.63) is 0 Å². The first-order valence-electron chi connectivity index (χ1n) is 5.14. The van der Waals surface area contributed by atoms with Gasteiger partial charge in [-0.2, -0.15) is 0 Å². The number of nitrogens with one attached hydrogen (secondary N) is 1. The molecule has 1 rings (SSSR count). The largest absolute Gasteiger partial charge is 0.329 e. The van der Waals surface area contributed by atoms with Gasteiger partial charge < -0.3 is 11.1 Å². The van der Waals surface area contributed by atoms with Crippen molar-refractivity contribution in [3.8, 4) is 0 Å². The summed E-state index contributed by atoms with van der Waals surface area (Å²) in [4.78, 5) is 0. The molecule has 0 aromatic rings. The summed E-state index contributed by atoms with van der Waals surface area (Å²) in [6.45, 7) is 6.50. The lowest BCUT2D eigenvalue weighted by Gasteiger charge is -2.38. The van der Waals surface area contributed by atoms with Crippen LogP contribution in [0.2, 0.25) is 0 Å². The lowest BCUT2D eigenvalue weighted by Crippen LogP contribution is -2.54. The van der Waals surface area contributed by atoms with Crippen LogP contribution >= 0.6 is 0 Å². The predicted octanol–water partition coefficient (Wildman–Crippen LogP) is 1.50. The minimum atomic E-state index is 0.270. The standard InChI is InChI=1S/C10H22N2/c1-9(2)7-10(8-11)5-3-4-6-12-10/h9,12H,3-8,11H2,1-2H3. The van der Waals surface area contributed by atoms with Crippen LogP contribution in [0.3, 0.4) is 0 Å². The highest BCUT2D eigenvalue weighted by Gasteiger charge is 2.30. The van der Waals surface area contributed by atoms with Crippen LogP contribution in [0.15, 0.2) is 0 Å². The van der Waals surface area contributed by atoms with Crippen LogP contribution in [0.4, 0.5) is 0 Å². The molecule has 72 valence electrons. The molecule has 1 saturated heterocycles. The van der Waals surface area contributed by atoms with E-state index in [4.69, 9.17) is 5.73 Å². The molecule has 2 nitrogen and oxygen atoms in total. The Morgan fingerprint density at radius 1 is 1.42 bits per heavy atom. The normalized spacial score (nSPS) is 31.0. The maximum absolute atomic E-state index is 5.82. The SMILES string of the molecule is CC(C)CC1(CN)CCCCN1. The van der Waals surface area contributed by atoms with Crippen molar-refractivity contribution < 1.29 is 0 Å². The van der Waals surface area contributed by atoms with E-state index in [2.05, 4.69) is 19.2 Å². The summed E-state index contributed by atoms with van der Waals surface area (Å²) in [6.07, 6.45) is 5.15. The maximum atomic E-state index is 5.82. The Hall–Kier alpha value is -0.0800. The Kier molecular flexibility index (Phi) is 3.53. The number of hydrogen-bond acceptors (Lipinski definition) is 2. The van der Waals surface area contributed by atoms with Crippen molar-refractivity contribution in [2.75, 3.05) is 13.1 Å². The van der Waals surface area contributed by atoms with Crippen molar-refractivity contribution in [1.82, 2.24) is 5.32 Å². The van der Waals surface area contributed by atoms with Gasteiger partial charge in [-0.3, -0.25) is 0 Å². The molecule has 0 bridgehead atoms. The van der Waals surface area contributed by atoms with Gasteiger partial charge in [0.2, 0.25) is 0 Å². The molecule has 12 heavy (non-hydrogen) atoms. The molecular formula is C10H22N2. The molecule has 0 spiro atoms. The van der Waals surface area contributed by atoms with Gasteiger partial charge >= 0.3 is 0 Å². The fraction of sp³-hybridized carbons (Fsp3) is 1.00. The topological polar surface area (TPSA) is 38.0 Å². The molecule has 1 heterocycles. The summed E-state index contributed by atoms with van der Waals surface area (Å²) in [6, 6.07) is 0. The van der Waals surface area contributed by atoms with Gasteiger partial charge in [-0.15, -0.1) is 0 Å². The number of piperidine rings is 1. The molecule has 1 atom stereocenters. The van der Waals surface area contributed by atoms with Crippen LogP contribution < -0.4 is 11.1 Å². The zero-order chi connectivity index (χ0) is 9.03. The fourth-order valence-electron chi connectivity index (χ4n) is 2.24. The molecule has 1 unspecified atom stereocenters. The van der Waals surface area contributed by atoms with Gasteiger partial charge in [-0.25, -0.2) is 0 Å². The molecule has 0 radical (unpaired) electrons. The van der Waals surface area contributed by atoms with E-state index in [1.54, 1.807) is 0 Å². The van der Waals surface area contributed by atoms with Crippen LogP contribution in [0, 0.1) is 5.92 Å². The van der Waals surface area contributed by atoms with E-state index in [0.717, 1.165) is 19.0 Å². The highest BCUT2D eigenvalue weighted by molar-refractivity contribution is 4.92. The lowest BCUT2D eigenvalue weighted by molar-refractivity contribution is 0.220. The molecule has 0 aliphatic carbocycles. The Morgan fingerprint density at radius 3 is 2.58 bits per heavy atom. The third-order valence-electron chi connectivity index (χ3n) is 2.77.